The molecule has 3 rings (SSSR count). The van der Waals surface area contributed by atoms with E-state index in [4.69, 9.17) is 0 Å². The van der Waals surface area contributed by atoms with Gasteiger partial charge >= 0.3 is 0 Å². The molecule has 4 nitrogen and oxygen atoms in total. The predicted octanol–water partition coefficient (Wildman–Crippen LogP) is 3.36. The van der Waals surface area contributed by atoms with E-state index in [1.165, 1.54) is 4.90 Å². The highest BCUT2D eigenvalue weighted by atomic mass is 16.2. The number of para-hydroxylation sites is 1. The fourth-order valence-corrected chi connectivity index (χ4v) is 2.88. The smallest absolute Gasteiger partial charge is 0.256 e. The molecule has 2 aromatic carbocycles. The molecule has 2 aromatic rings. The minimum absolute atomic E-state index is 0.158. The highest BCUT2D eigenvalue weighted by Gasteiger charge is 2.40. The summed E-state index contributed by atoms with van der Waals surface area (Å²) in [6.07, 6.45) is 0.181. The molecule has 118 valence electrons. The van der Waals surface area contributed by atoms with Crippen molar-refractivity contribution in [2.75, 3.05) is 10.2 Å². The van der Waals surface area contributed by atoms with Crippen LogP contribution >= 0.6 is 0 Å². The van der Waals surface area contributed by atoms with Crippen molar-refractivity contribution >= 4 is 23.2 Å². The van der Waals surface area contributed by atoms with Gasteiger partial charge in [-0.3, -0.25) is 9.59 Å². The van der Waals surface area contributed by atoms with E-state index < -0.39 is 6.04 Å². The van der Waals surface area contributed by atoms with Gasteiger partial charge in [0, 0.05) is 5.69 Å². The number of amides is 2. The Hall–Kier alpha value is -2.62. The van der Waals surface area contributed by atoms with Crippen LogP contribution in [0.2, 0.25) is 0 Å². The normalized spacial score (nSPS) is 17.7. The first-order valence-corrected chi connectivity index (χ1v) is 7.73. The number of anilines is 2. The van der Waals surface area contributed by atoms with Crippen LogP contribution in [0.3, 0.4) is 0 Å². The van der Waals surface area contributed by atoms with Crippen LogP contribution < -0.4 is 10.2 Å². The molecule has 1 saturated heterocycles. The number of carbonyl (C=O) groups excluding carboxylic acids is 2. The van der Waals surface area contributed by atoms with E-state index in [-0.39, 0.29) is 18.2 Å². The quantitative estimate of drug-likeness (QED) is 0.885. The number of imide groups is 1. The first-order valence-electron chi connectivity index (χ1n) is 7.73. The summed E-state index contributed by atoms with van der Waals surface area (Å²) in [7, 11) is 0. The lowest BCUT2D eigenvalue weighted by molar-refractivity contribution is -0.121. The highest BCUT2D eigenvalue weighted by molar-refractivity contribution is 6.23. The van der Waals surface area contributed by atoms with Crippen molar-refractivity contribution in [2.45, 2.75) is 33.2 Å². The molecule has 0 unspecified atom stereocenters. The summed E-state index contributed by atoms with van der Waals surface area (Å²) >= 11 is 0. The van der Waals surface area contributed by atoms with Gasteiger partial charge in [0.25, 0.3) is 5.91 Å². The zero-order chi connectivity index (χ0) is 16.6. The topological polar surface area (TPSA) is 49.4 Å². The van der Waals surface area contributed by atoms with Gasteiger partial charge in [0.05, 0.1) is 12.1 Å². The Bertz CT molecular complexity index is 783. The maximum Gasteiger partial charge on any atom is 0.256 e. The standard InChI is InChI=1S/C19H20N2O2/c1-12-8-9-14(3)17(10-12)21-18(22)11-16(19(21)23)20-15-7-5-4-6-13(15)2/h4-10,16,20H,11H2,1-3H3/t16-/m1/s1. The second-order valence-corrected chi connectivity index (χ2v) is 6.07. The molecule has 2 amide bonds. The van der Waals surface area contributed by atoms with E-state index in [1.54, 1.807) is 0 Å². The van der Waals surface area contributed by atoms with Crippen LogP contribution in [0.4, 0.5) is 11.4 Å². The van der Waals surface area contributed by atoms with Crippen molar-refractivity contribution in [1.82, 2.24) is 0 Å². The summed E-state index contributed by atoms with van der Waals surface area (Å²) in [6, 6.07) is 13.1. The van der Waals surface area contributed by atoms with Crippen LogP contribution in [0, 0.1) is 20.8 Å². The molecule has 1 aliphatic heterocycles. The fourth-order valence-electron chi connectivity index (χ4n) is 2.88. The third kappa shape index (κ3) is 2.84. The number of rotatable bonds is 3. The second-order valence-electron chi connectivity index (χ2n) is 6.07. The van der Waals surface area contributed by atoms with E-state index in [1.807, 2.05) is 63.2 Å². The Labute approximate surface area is 136 Å². The number of aryl methyl sites for hydroxylation is 3. The van der Waals surface area contributed by atoms with Gasteiger partial charge in [-0.25, -0.2) is 4.90 Å². The average molecular weight is 308 g/mol. The molecule has 0 bridgehead atoms. The Morgan fingerprint density at radius 2 is 1.74 bits per heavy atom. The Morgan fingerprint density at radius 3 is 2.48 bits per heavy atom. The van der Waals surface area contributed by atoms with Gasteiger partial charge in [-0.15, -0.1) is 0 Å². The molecule has 1 atom stereocenters. The fraction of sp³-hybridized carbons (Fsp3) is 0.263. The number of hydrogen-bond donors (Lipinski definition) is 1. The van der Waals surface area contributed by atoms with Gasteiger partial charge in [0.1, 0.15) is 6.04 Å². The van der Waals surface area contributed by atoms with Crippen molar-refractivity contribution in [2.24, 2.45) is 0 Å². The molecule has 0 saturated carbocycles. The third-order valence-electron chi connectivity index (χ3n) is 4.23. The van der Waals surface area contributed by atoms with Gasteiger partial charge in [-0.2, -0.15) is 0 Å². The summed E-state index contributed by atoms with van der Waals surface area (Å²) < 4.78 is 0. The minimum atomic E-state index is -0.511. The lowest BCUT2D eigenvalue weighted by atomic mass is 10.1. The maximum absolute atomic E-state index is 12.7. The van der Waals surface area contributed by atoms with Crippen LogP contribution in [0.25, 0.3) is 0 Å². The van der Waals surface area contributed by atoms with E-state index in [0.29, 0.717) is 5.69 Å². The average Bonchev–Trinajstić information content (AvgIpc) is 2.79. The molecule has 0 aromatic heterocycles. The number of nitrogens with one attached hydrogen (secondary N) is 1. The van der Waals surface area contributed by atoms with E-state index in [2.05, 4.69) is 5.32 Å². The van der Waals surface area contributed by atoms with Gasteiger partial charge < -0.3 is 5.32 Å². The van der Waals surface area contributed by atoms with Gasteiger partial charge in [0.15, 0.2) is 0 Å². The van der Waals surface area contributed by atoms with Gasteiger partial charge in [-0.05, 0) is 49.6 Å². The number of benzene rings is 2. The van der Waals surface area contributed by atoms with Crippen molar-refractivity contribution in [3.63, 3.8) is 0 Å². The van der Waals surface area contributed by atoms with E-state index in [9.17, 15) is 9.59 Å². The Balaban J connectivity index is 1.88. The monoisotopic (exact) mass is 308 g/mol. The molecule has 1 aliphatic rings. The zero-order valence-corrected chi connectivity index (χ0v) is 13.6. The Morgan fingerprint density at radius 1 is 1.00 bits per heavy atom. The van der Waals surface area contributed by atoms with Crippen LogP contribution in [0.5, 0.6) is 0 Å². The van der Waals surface area contributed by atoms with Crippen molar-refractivity contribution in [3.05, 3.63) is 59.2 Å². The zero-order valence-electron chi connectivity index (χ0n) is 13.6. The number of nitrogens with zero attached hydrogens (tertiary/aromatic N) is 1. The summed E-state index contributed by atoms with van der Waals surface area (Å²) in [5, 5.41) is 3.21. The minimum Gasteiger partial charge on any atom is -0.373 e. The van der Waals surface area contributed by atoms with Crippen molar-refractivity contribution in [3.8, 4) is 0 Å². The van der Waals surface area contributed by atoms with Crippen LogP contribution in [-0.4, -0.2) is 17.9 Å². The molecule has 1 fully saturated rings. The summed E-state index contributed by atoms with van der Waals surface area (Å²) in [5.74, 6) is -0.346. The second kappa shape index (κ2) is 5.88. The van der Waals surface area contributed by atoms with Crippen LogP contribution in [-0.2, 0) is 9.59 Å². The molecule has 0 aliphatic carbocycles. The summed E-state index contributed by atoms with van der Waals surface area (Å²) in [4.78, 5) is 26.5. The highest BCUT2D eigenvalue weighted by Crippen LogP contribution is 2.29. The molecule has 23 heavy (non-hydrogen) atoms. The largest absolute Gasteiger partial charge is 0.373 e. The molecule has 4 heteroatoms. The first kappa shape index (κ1) is 15.3. The molecule has 0 radical (unpaired) electrons. The predicted molar refractivity (Wildman–Crippen MR) is 91.6 cm³/mol. The van der Waals surface area contributed by atoms with Gasteiger partial charge in [-0.1, -0.05) is 30.3 Å². The Kier molecular flexibility index (Phi) is 3.90. The lowest BCUT2D eigenvalue weighted by Gasteiger charge is -2.19. The van der Waals surface area contributed by atoms with Crippen molar-refractivity contribution < 1.29 is 9.59 Å². The third-order valence-corrected chi connectivity index (χ3v) is 4.23. The lowest BCUT2D eigenvalue weighted by Crippen LogP contribution is -2.35. The summed E-state index contributed by atoms with van der Waals surface area (Å²) in [5.41, 5.74) is 4.59. The van der Waals surface area contributed by atoms with E-state index in [0.717, 1.165) is 22.4 Å². The molecule has 1 heterocycles. The SMILES string of the molecule is Cc1ccc(C)c(N2C(=O)C[C@@H](Nc3ccccc3C)C2=O)c1. The summed E-state index contributed by atoms with van der Waals surface area (Å²) in [6.45, 7) is 5.85. The molecule has 0 spiro atoms. The van der Waals surface area contributed by atoms with Crippen LogP contribution in [0.15, 0.2) is 42.5 Å². The van der Waals surface area contributed by atoms with Gasteiger partial charge in [0.2, 0.25) is 5.91 Å². The van der Waals surface area contributed by atoms with Crippen LogP contribution in [0.1, 0.15) is 23.1 Å². The molecule has 1 N–H and O–H groups in total. The van der Waals surface area contributed by atoms with E-state index >= 15 is 0 Å². The maximum atomic E-state index is 12.7. The van der Waals surface area contributed by atoms with Crippen molar-refractivity contribution in [1.29, 1.82) is 0 Å². The molecular weight excluding hydrogens is 288 g/mol. The number of carbonyl (C=O) groups is 2. The number of hydrogen-bond acceptors (Lipinski definition) is 3. The molecular formula is C19H20N2O2. The first-order chi connectivity index (χ1) is 11.0.